The highest BCUT2D eigenvalue weighted by Gasteiger charge is 2.25. The lowest BCUT2D eigenvalue weighted by molar-refractivity contribution is 0.0940. The minimum absolute atomic E-state index is 0.156. The van der Waals surface area contributed by atoms with Crippen molar-refractivity contribution < 1.29 is 17.9 Å². The van der Waals surface area contributed by atoms with Gasteiger partial charge in [0.1, 0.15) is 11.5 Å². The van der Waals surface area contributed by atoms with Crippen molar-refractivity contribution in [1.29, 1.82) is 0 Å². The van der Waals surface area contributed by atoms with Crippen LogP contribution >= 0.6 is 34.3 Å². The van der Waals surface area contributed by atoms with Gasteiger partial charge in [-0.05, 0) is 47.9 Å². The Labute approximate surface area is 228 Å². The van der Waals surface area contributed by atoms with Crippen molar-refractivity contribution in [2.24, 2.45) is 0 Å². The maximum absolute atomic E-state index is 13.3. The number of alkyl halides is 1. The number of nitrogens with zero attached hydrogens (tertiary/aromatic N) is 3. The molecule has 4 aromatic rings. The molecule has 7 nitrogen and oxygen atoms in total. The molecule has 0 aliphatic carbocycles. The molecule has 0 spiro atoms. The summed E-state index contributed by atoms with van der Waals surface area (Å²) in [6.45, 7) is 1.77. The molecule has 186 valence electrons. The number of carbonyl (C=O) groups excluding carboxylic acids is 1. The predicted octanol–water partition coefficient (Wildman–Crippen LogP) is 5.63. The zero-order chi connectivity index (χ0) is 25.7. The molecule has 1 N–H and O–H groups in total. The first-order chi connectivity index (χ1) is 17.4. The minimum atomic E-state index is -2.78. The molecule has 0 aliphatic rings. The van der Waals surface area contributed by atoms with Gasteiger partial charge in [-0.1, -0.05) is 71.1 Å². The van der Waals surface area contributed by atoms with Gasteiger partial charge in [0.05, 0.1) is 40.3 Å². The largest absolute Gasteiger partial charge is 0.755 e. The second-order valence-corrected chi connectivity index (χ2v) is 10.0. The van der Waals surface area contributed by atoms with Crippen LogP contribution in [0.25, 0.3) is 0 Å². The van der Waals surface area contributed by atoms with Crippen LogP contribution in [0, 0.1) is 5.82 Å². The number of anilines is 2. The summed E-state index contributed by atoms with van der Waals surface area (Å²) in [6.07, 6.45) is 0.384. The topological polar surface area (TPSA) is 98.2 Å². The Balaban J connectivity index is 1.71. The molecule has 4 rings (SSSR count). The lowest BCUT2D eigenvalue weighted by atomic mass is 10.1. The van der Waals surface area contributed by atoms with E-state index >= 15 is 0 Å². The monoisotopic (exact) mass is 635 g/mol. The summed E-state index contributed by atoms with van der Waals surface area (Å²) >= 11 is 0.310. The fourth-order valence-electron chi connectivity index (χ4n) is 3.65. The SMILES string of the molecule is CC(NC(=O)c1ccc(CI)cc1N(c1nsnc1Cc1ccccc1)S(=O)[O-])c1ccc(F)cc1. The summed E-state index contributed by atoms with van der Waals surface area (Å²) in [7, 11) is 0. The molecule has 1 amide bonds. The fourth-order valence-corrected chi connectivity index (χ4v) is 5.33. The third-order valence-corrected chi connectivity index (χ3v) is 7.59. The summed E-state index contributed by atoms with van der Waals surface area (Å²) in [4.78, 5) is 13.3. The highest BCUT2D eigenvalue weighted by atomic mass is 127. The lowest BCUT2D eigenvalue weighted by Gasteiger charge is -2.27. The smallest absolute Gasteiger partial charge is 0.253 e. The summed E-state index contributed by atoms with van der Waals surface area (Å²) in [5.41, 5.74) is 3.35. The van der Waals surface area contributed by atoms with E-state index in [0.717, 1.165) is 27.2 Å². The Kier molecular flexibility index (Phi) is 8.77. The maximum Gasteiger partial charge on any atom is 0.253 e. The van der Waals surface area contributed by atoms with E-state index in [4.69, 9.17) is 0 Å². The van der Waals surface area contributed by atoms with Crippen LogP contribution in [0.15, 0.2) is 72.8 Å². The standard InChI is InChI=1S/C25H22FIN4O3S2/c1-16(19-8-10-20(26)11-9-19)28-25(32)21-12-7-18(15-27)14-23(21)31(36(33)34)24-22(29-35-30-24)13-17-5-3-2-4-6-17/h2-12,14,16H,13,15H2,1H3,(H,28,32)(H,33,34)/p-1. The average molecular weight is 636 g/mol. The first-order valence-electron chi connectivity index (χ1n) is 10.9. The lowest BCUT2D eigenvalue weighted by Crippen LogP contribution is -2.30. The van der Waals surface area contributed by atoms with Gasteiger partial charge in [-0.25, -0.2) is 4.39 Å². The summed E-state index contributed by atoms with van der Waals surface area (Å²) in [6, 6.07) is 20.0. The van der Waals surface area contributed by atoms with Gasteiger partial charge in [-0.15, -0.1) is 0 Å². The molecule has 0 bridgehead atoms. The van der Waals surface area contributed by atoms with Crippen LogP contribution in [-0.4, -0.2) is 23.4 Å². The quantitative estimate of drug-likeness (QED) is 0.146. The Morgan fingerprint density at radius 2 is 1.83 bits per heavy atom. The fraction of sp³-hybridized carbons (Fsp3) is 0.160. The molecule has 3 aromatic carbocycles. The van der Waals surface area contributed by atoms with Gasteiger partial charge in [0.2, 0.25) is 0 Å². The molecular formula is C25H21FIN4O3S2-. The van der Waals surface area contributed by atoms with Gasteiger partial charge >= 0.3 is 0 Å². The van der Waals surface area contributed by atoms with E-state index in [1.165, 1.54) is 12.1 Å². The highest BCUT2D eigenvalue weighted by Crippen LogP contribution is 2.34. The summed E-state index contributed by atoms with van der Waals surface area (Å²) < 4.78 is 48.7. The maximum atomic E-state index is 13.3. The molecule has 36 heavy (non-hydrogen) atoms. The number of carbonyl (C=O) groups is 1. The van der Waals surface area contributed by atoms with Gasteiger partial charge in [0.15, 0.2) is 5.82 Å². The number of amides is 1. The third-order valence-electron chi connectivity index (χ3n) is 5.49. The number of rotatable bonds is 9. The van der Waals surface area contributed by atoms with Crippen molar-refractivity contribution in [2.75, 3.05) is 4.31 Å². The molecule has 0 radical (unpaired) electrons. The molecule has 2 unspecified atom stereocenters. The molecule has 0 saturated heterocycles. The Morgan fingerprint density at radius 3 is 2.50 bits per heavy atom. The molecule has 1 heterocycles. The van der Waals surface area contributed by atoms with Crippen molar-refractivity contribution in [1.82, 2.24) is 14.1 Å². The highest BCUT2D eigenvalue weighted by molar-refractivity contribution is 14.1. The average Bonchev–Trinajstić information content (AvgIpc) is 3.32. The van der Waals surface area contributed by atoms with Crippen molar-refractivity contribution in [2.45, 2.75) is 23.8 Å². The van der Waals surface area contributed by atoms with E-state index in [9.17, 15) is 17.9 Å². The van der Waals surface area contributed by atoms with Gasteiger partial charge < -0.3 is 9.87 Å². The van der Waals surface area contributed by atoms with Gasteiger partial charge in [-0.2, -0.15) is 8.75 Å². The predicted molar refractivity (Wildman–Crippen MR) is 147 cm³/mol. The number of halogens is 2. The van der Waals surface area contributed by atoms with E-state index in [1.807, 2.05) is 30.3 Å². The van der Waals surface area contributed by atoms with Crippen LogP contribution in [0.5, 0.6) is 0 Å². The van der Waals surface area contributed by atoms with E-state index in [-0.39, 0.29) is 22.9 Å². The third kappa shape index (κ3) is 6.14. The normalized spacial score (nSPS) is 12.7. The zero-order valence-corrected chi connectivity index (χ0v) is 22.8. The first-order valence-corrected chi connectivity index (χ1v) is 14.2. The molecule has 0 fully saturated rings. The van der Waals surface area contributed by atoms with E-state index in [1.54, 1.807) is 37.3 Å². The second-order valence-electron chi connectivity index (χ2n) is 7.94. The molecule has 0 saturated carbocycles. The number of aromatic nitrogens is 2. The Bertz CT molecular complexity index is 1370. The van der Waals surface area contributed by atoms with Crippen LogP contribution in [0.2, 0.25) is 0 Å². The molecule has 2 atom stereocenters. The van der Waals surface area contributed by atoms with Gasteiger partial charge in [0, 0.05) is 10.8 Å². The molecular weight excluding hydrogens is 614 g/mol. The van der Waals surface area contributed by atoms with Crippen molar-refractivity contribution >= 4 is 63.0 Å². The van der Waals surface area contributed by atoms with E-state index in [0.29, 0.717) is 22.1 Å². The van der Waals surface area contributed by atoms with Crippen molar-refractivity contribution in [3.05, 3.63) is 107 Å². The minimum Gasteiger partial charge on any atom is -0.755 e. The molecule has 11 heteroatoms. The van der Waals surface area contributed by atoms with Crippen LogP contribution in [0.3, 0.4) is 0 Å². The Morgan fingerprint density at radius 1 is 1.11 bits per heavy atom. The summed E-state index contributed by atoms with van der Waals surface area (Å²) in [5.74, 6) is -0.681. The van der Waals surface area contributed by atoms with Crippen molar-refractivity contribution in [3.63, 3.8) is 0 Å². The number of hydrogen-bond acceptors (Lipinski definition) is 6. The Hall–Kier alpha value is -2.74. The van der Waals surface area contributed by atoms with E-state index < -0.39 is 23.2 Å². The first kappa shape index (κ1) is 26.3. The molecule has 0 aliphatic heterocycles. The van der Waals surface area contributed by atoms with Crippen molar-refractivity contribution in [3.8, 4) is 0 Å². The van der Waals surface area contributed by atoms with Gasteiger partial charge in [-0.3, -0.25) is 13.3 Å². The zero-order valence-electron chi connectivity index (χ0n) is 19.1. The molecule has 1 aromatic heterocycles. The van der Waals surface area contributed by atoms with Crippen LogP contribution in [0.1, 0.15) is 45.7 Å². The number of benzene rings is 3. The van der Waals surface area contributed by atoms with Crippen LogP contribution in [0.4, 0.5) is 15.9 Å². The van der Waals surface area contributed by atoms with Crippen LogP contribution < -0.4 is 9.62 Å². The second kappa shape index (κ2) is 12.0. The number of hydrogen-bond donors (Lipinski definition) is 1. The number of nitrogens with one attached hydrogen (secondary N) is 1. The van der Waals surface area contributed by atoms with Crippen LogP contribution in [-0.2, 0) is 22.1 Å². The van der Waals surface area contributed by atoms with Gasteiger partial charge in [0.25, 0.3) is 5.91 Å². The summed E-state index contributed by atoms with van der Waals surface area (Å²) in [5, 5.41) is 2.88. The van der Waals surface area contributed by atoms with E-state index in [2.05, 4.69) is 36.7 Å².